The topological polar surface area (TPSA) is 67.0 Å². The highest BCUT2D eigenvalue weighted by atomic mass is 16.5. The first-order valence-corrected chi connectivity index (χ1v) is 6.31. The average molecular weight is 257 g/mol. The smallest absolute Gasteiger partial charge is 0.256 e. The van der Waals surface area contributed by atoms with Gasteiger partial charge in [0.1, 0.15) is 0 Å². The van der Waals surface area contributed by atoms with E-state index in [4.69, 9.17) is 4.74 Å². The number of nitrogens with zero attached hydrogens (tertiary/aromatic N) is 1. The zero-order chi connectivity index (χ0) is 13.2. The summed E-state index contributed by atoms with van der Waals surface area (Å²) in [7, 11) is 0. The maximum absolute atomic E-state index is 12.1. The standard InChI is InChI=1S/C14H15N3O2/c1-2-12-6-13(17-16-12)15-14(18)9-3-4-10-7-19-8-11(10)5-9/h3-6H,2,7-8H2,1H3,(H2,15,16,17,18). The first-order chi connectivity index (χ1) is 9.26. The predicted octanol–water partition coefficient (Wildman–Crippen LogP) is 2.25. The number of amides is 1. The minimum atomic E-state index is -0.149. The maximum Gasteiger partial charge on any atom is 0.256 e. The zero-order valence-electron chi connectivity index (χ0n) is 10.7. The minimum absolute atomic E-state index is 0.149. The summed E-state index contributed by atoms with van der Waals surface area (Å²) in [5, 5.41) is 9.69. The quantitative estimate of drug-likeness (QED) is 0.886. The number of nitrogens with one attached hydrogen (secondary N) is 2. The van der Waals surface area contributed by atoms with E-state index in [1.54, 1.807) is 0 Å². The largest absolute Gasteiger partial charge is 0.372 e. The molecule has 1 aromatic heterocycles. The fraction of sp³-hybridized carbons (Fsp3) is 0.286. The molecule has 0 saturated carbocycles. The lowest BCUT2D eigenvalue weighted by Crippen LogP contribution is -2.12. The van der Waals surface area contributed by atoms with Gasteiger partial charge in [0.25, 0.3) is 5.91 Å². The number of benzene rings is 1. The van der Waals surface area contributed by atoms with Gasteiger partial charge in [0.15, 0.2) is 5.82 Å². The highest BCUT2D eigenvalue weighted by molar-refractivity contribution is 6.03. The van der Waals surface area contributed by atoms with E-state index in [0.717, 1.165) is 23.2 Å². The van der Waals surface area contributed by atoms with Gasteiger partial charge in [0, 0.05) is 17.3 Å². The van der Waals surface area contributed by atoms with Gasteiger partial charge < -0.3 is 10.1 Å². The van der Waals surface area contributed by atoms with E-state index in [9.17, 15) is 4.79 Å². The second-order valence-electron chi connectivity index (χ2n) is 4.56. The number of aromatic amines is 1. The Kier molecular flexibility index (Phi) is 3.05. The average Bonchev–Trinajstić information content (AvgIpc) is 3.05. The highest BCUT2D eigenvalue weighted by Gasteiger charge is 2.15. The van der Waals surface area contributed by atoms with E-state index in [1.807, 2.05) is 31.2 Å². The highest BCUT2D eigenvalue weighted by Crippen LogP contribution is 2.21. The van der Waals surface area contributed by atoms with Crippen molar-refractivity contribution in [3.63, 3.8) is 0 Å². The van der Waals surface area contributed by atoms with E-state index in [0.29, 0.717) is 24.6 Å². The number of H-pyrrole nitrogens is 1. The third-order valence-electron chi connectivity index (χ3n) is 3.24. The number of carbonyl (C=O) groups excluding carboxylic acids is 1. The van der Waals surface area contributed by atoms with Crippen LogP contribution in [0, 0.1) is 0 Å². The Bertz CT molecular complexity index is 619. The van der Waals surface area contributed by atoms with Crippen LogP contribution in [0.15, 0.2) is 24.3 Å². The van der Waals surface area contributed by atoms with Gasteiger partial charge in [0.2, 0.25) is 0 Å². The Morgan fingerprint density at radius 3 is 3.00 bits per heavy atom. The van der Waals surface area contributed by atoms with Gasteiger partial charge in [-0.25, -0.2) is 0 Å². The number of aromatic nitrogens is 2. The van der Waals surface area contributed by atoms with E-state index in [1.165, 1.54) is 0 Å². The lowest BCUT2D eigenvalue weighted by atomic mass is 10.1. The Hall–Kier alpha value is -2.14. The lowest BCUT2D eigenvalue weighted by molar-refractivity contribution is 0.102. The van der Waals surface area contributed by atoms with Crippen molar-refractivity contribution in [2.75, 3.05) is 5.32 Å². The minimum Gasteiger partial charge on any atom is -0.372 e. The van der Waals surface area contributed by atoms with E-state index < -0.39 is 0 Å². The molecule has 1 aliphatic heterocycles. The predicted molar refractivity (Wildman–Crippen MR) is 70.9 cm³/mol. The number of hydrogen-bond acceptors (Lipinski definition) is 3. The number of fused-ring (bicyclic) bond motifs is 1. The summed E-state index contributed by atoms with van der Waals surface area (Å²) >= 11 is 0. The summed E-state index contributed by atoms with van der Waals surface area (Å²) in [5.74, 6) is 0.405. The first kappa shape index (κ1) is 11.9. The Morgan fingerprint density at radius 1 is 1.37 bits per heavy atom. The van der Waals surface area contributed by atoms with Crippen molar-refractivity contribution in [3.8, 4) is 0 Å². The third-order valence-corrected chi connectivity index (χ3v) is 3.24. The van der Waals surface area contributed by atoms with Gasteiger partial charge in [0.05, 0.1) is 13.2 Å². The van der Waals surface area contributed by atoms with Crippen molar-refractivity contribution in [2.45, 2.75) is 26.6 Å². The van der Waals surface area contributed by atoms with E-state index in [2.05, 4.69) is 15.5 Å². The third kappa shape index (κ3) is 2.37. The number of hydrogen-bond donors (Lipinski definition) is 2. The van der Waals surface area contributed by atoms with Crippen LogP contribution in [-0.4, -0.2) is 16.1 Å². The van der Waals surface area contributed by atoms with Crippen molar-refractivity contribution in [1.29, 1.82) is 0 Å². The van der Waals surface area contributed by atoms with Gasteiger partial charge in [-0.3, -0.25) is 9.89 Å². The molecule has 0 spiro atoms. The van der Waals surface area contributed by atoms with Crippen LogP contribution >= 0.6 is 0 Å². The van der Waals surface area contributed by atoms with Gasteiger partial charge in [-0.05, 0) is 29.7 Å². The summed E-state index contributed by atoms with van der Waals surface area (Å²) in [6.45, 7) is 3.24. The molecular weight excluding hydrogens is 242 g/mol. The van der Waals surface area contributed by atoms with Crippen LogP contribution in [0.25, 0.3) is 0 Å². The van der Waals surface area contributed by atoms with Crippen molar-refractivity contribution in [3.05, 3.63) is 46.6 Å². The molecule has 0 fully saturated rings. The molecule has 1 aliphatic rings. The van der Waals surface area contributed by atoms with Gasteiger partial charge in [-0.1, -0.05) is 13.0 Å². The van der Waals surface area contributed by atoms with Crippen LogP contribution in [-0.2, 0) is 24.4 Å². The number of ether oxygens (including phenoxy) is 1. The molecule has 2 aromatic rings. The van der Waals surface area contributed by atoms with Crippen LogP contribution < -0.4 is 5.32 Å². The number of rotatable bonds is 3. The van der Waals surface area contributed by atoms with Crippen LogP contribution in [0.4, 0.5) is 5.82 Å². The summed E-state index contributed by atoms with van der Waals surface area (Å²) in [6.07, 6.45) is 0.860. The molecule has 3 rings (SSSR count). The Labute approximate surface area is 111 Å². The van der Waals surface area contributed by atoms with Crippen LogP contribution in [0.5, 0.6) is 0 Å². The number of aryl methyl sites for hydroxylation is 1. The monoisotopic (exact) mass is 257 g/mol. The van der Waals surface area contributed by atoms with E-state index in [-0.39, 0.29) is 5.91 Å². The van der Waals surface area contributed by atoms with Crippen LogP contribution in [0.2, 0.25) is 0 Å². The molecule has 5 heteroatoms. The molecule has 2 heterocycles. The molecule has 1 amide bonds. The normalized spacial score (nSPS) is 13.3. The molecule has 0 aliphatic carbocycles. The second-order valence-corrected chi connectivity index (χ2v) is 4.56. The fourth-order valence-electron chi connectivity index (χ4n) is 2.11. The second kappa shape index (κ2) is 4.85. The van der Waals surface area contributed by atoms with Crippen molar-refractivity contribution >= 4 is 11.7 Å². The Balaban J connectivity index is 1.76. The van der Waals surface area contributed by atoms with Crippen molar-refractivity contribution < 1.29 is 9.53 Å². The molecule has 0 atom stereocenters. The van der Waals surface area contributed by atoms with Crippen molar-refractivity contribution in [2.24, 2.45) is 0 Å². The molecule has 2 N–H and O–H groups in total. The Morgan fingerprint density at radius 2 is 2.21 bits per heavy atom. The molecule has 0 radical (unpaired) electrons. The van der Waals surface area contributed by atoms with Crippen molar-refractivity contribution in [1.82, 2.24) is 10.2 Å². The van der Waals surface area contributed by atoms with Gasteiger partial charge in [-0.15, -0.1) is 0 Å². The summed E-state index contributed by atoms with van der Waals surface area (Å²) in [4.78, 5) is 12.1. The molecular formula is C14H15N3O2. The molecule has 0 saturated heterocycles. The first-order valence-electron chi connectivity index (χ1n) is 6.31. The van der Waals surface area contributed by atoms with E-state index >= 15 is 0 Å². The van der Waals surface area contributed by atoms with Gasteiger partial charge >= 0.3 is 0 Å². The molecule has 0 unspecified atom stereocenters. The molecule has 98 valence electrons. The lowest BCUT2D eigenvalue weighted by Gasteiger charge is -2.03. The zero-order valence-corrected chi connectivity index (χ0v) is 10.7. The van der Waals surface area contributed by atoms with Crippen LogP contribution in [0.3, 0.4) is 0 Å². The molecule has 19 heavy (non-hydrogen) atoms. The summed E-state index contributed by atoms with van der Waals surface area (Å²) in [5.41, 5.74) is 3.87. The number of carbonyl (C=O) groups is 1. The fourth-order valence-corrected chi connectivity index (χ4v) is 2.11. The van der Waals surface area contributed by atoms with Gasteiger partial charge in [-0.2, -0.15) is 5.10 Å². The summed E-state index contributed by atoms with van der Waals surface area (Å²) < 4.78 is 5.34. The maximum atomic E-state index is 12.1. The molecule has 0 bridgehead atoms. The molecule has 5 nitrogen and oxygen atoms in total. The SMILES string of the molecule is CCc1cc(NC(=O)c2ccc3c(c2)COC3)n[nH]1. The number of anilines is 1. The van der Waals surface area contributed by atoms with Crippen LogP contribution in [0.1, 0.15) is 34.1 Å². The summed E-state index contributed by atoms with van der Waals surface area (Å²) in [6, 6.07) is 7.48. The molecule has 1 aromatic carbocycles.